The van der Waals surface area contributed by atoms with Gasteiger partial charge in [-0.2, -0.15) is 52.7 Å². The van der Waals surface area contributed by atoms with Crippen LogP contribution in [0.5, 0.6) is 0 Å². The predicted octanol–water partition coefficient (Wildman–Crippen LogP) is 13.9. The van der Waals surface area contributed by atoms with Crippen LogP contribution in [0.4, 0.5) is 93.5 Å². The highest BCUT2D eigenvalue weighted by molar-refractivity contribution is 6.32. The standard InChI is InChI=1S/2C18H14ClF5N6O.2C18H16ClF3N6O.2H2/c2*19-8-1-10-11(4-26-14(10)25-3-8)15-27-5-12(21)16(29-15)30-6-9(20)2-13(30)17(31)28-7-18(22,23)24;2*19-10-6-11-12(8-25-15(11)24-7-10)16-23-4-3-14(27-16)28-5-1-2-13(28)17(29)26-9-18(20,21)22;;/h2*1,3-5,9,13H,2,6-7H2,(H,25,26)(H,28,31);2*3-4,6-8,13H,1-2,5,9H2,(H,24,25)(H,26,29);2*1H/t9-,13+;9-,13-;2*13-;;/m1010../s1. The molecule has 4 fully saturated rings. The molecule has 12 aromatic rings. The zero-order chi connectivity index (χ0) is 85.9. The van der Waals surface area contributed by atoms with Gasteiger partial charge in [-0.25, -0.2) is 77.4 Å². The van der Waals surface area contributed by atoms with E-state index < -0.39 is 149 Å². The van der Waals surface area contributed by atoms with Gasteiger partial charge in [0.05, 0.1) is 45.6 Å². The minimum atomic E-state index is -4.63. The molecule has 0 aromatic carbocycles. The number of anilines is 4. The third-order valence-corrected chi connectivity index (χ3v) is 19.7. The van der Waals surface area contributed by atoms with Gasteiger partial charge in [0.2, 0.25) is 23.6 Å². The summed E-state index contributed by atoms with van der Waals surface area (Å²) >= 11 is 24.0. The monoisotopic (exact) mass is 1770 g/mol. The highest BCUT2D eigenvalue weighted by atomic mass is 35.5. The average Bonchev–Trinajstić information content (AvgIpc) is 1.89. The van der Waals surface area contributed by atoms with E-state index in [1.54, 1.807) is 81.6 Å². The number of aromatic nitrogens is 16. The summed E-state index contributed by atoms with van der Waals surface area (Å²) in [5, 5.41) is 11.6. The Morgan fingerprint density at radius 2 is 0.683 bits per heavy atom. The van der Waals surface area contributed by atoms with Crippen molar-refractivity contribution in [3.05, 3.63) is 142 Å². The van der Waals surface area contributed by atoms with Crippen LogP contribution >= 0.6 is 46.4 Å². The molecule has 4 aliphatic heterocycles. The molecule has 4 aliphatic rings. The van der Waals surface area contributed by atoms with Crippen molar-refractivity contribution >= 4 is 137 Å². The largest absolute Gasteiger partial charge is 0.405 e. The maximum Gasteiger partial charge on any atom is 0.405 e. The fraction of sp³-hybridized carbons (Fsp3) is 0.333. The molecule has 16 heterocycles. The lowest BCUT2D eigenvalue weighted by Crippen LogP contribution is -2.46. The molecule has 48 heteroatoms. The van der Waals surface area contributed by atoms with Crippen molar-refractivity contribution in [3.8, 4) is 45.6 Å². The second kappa shape index (κ2) is 35.6. The zero-order valence-corrected chi connectivity index (χ0v) is 64.1. The Balaban J connectivity index is 0.000000158. The summed E-state index contributed by atoms with van der Waals surface area (Å²) in [5.74, 6) is -4.28. The second-order valence-corrected chi connectivity index (χ2v) is 29.0. The van der Waals surface area contributed by atoms with Crippen molar-refractivity contribution in [1.29, 1.82) is 0 Å². The van der Waals surface area contributed by atoms with Crippen molar-refractivity contribution in [2.45, 2.75) is 99.7 Å². The minimum Gasteiger partial charge on any atom is -0.345 e. The van der Waals surface area contributed by atoms with Gasteiger partial charge >= 0.3 is 24.7 Å². The van der Waals surface area contributed by atoms with Gasteiger partial charge < -0.3 is 60.8 Å². The van der Waals surface area contributed by atoms with Gasteiger partial charge in [0.25, 0.3) is 0 Å². The highest BCUT2D eigenvalue weighted by Crippen LogP contribution is 2.38. The molecule has 0 saturated carbocycles. The van der Waals surface area contributed by atoms with Crippen LogP contribution in [0, 0.1) is 11.6 Å². The smallest absolute Gasteiger partial charge is 0.345 e. The number of halogens is 20. The summed E-state index contributed by atoms with van der Waals surface area (Å²) in [6.45, 7) is -5.63. The molecular formula is C72H64Cl4F16N24O4. The van der Waals surface area contributed by atoms with Gasteiger partial charge in [-0.3, -0.25) is 19.2 Å². The van der Waals surface area contributed by atoms with Gasteiger partial charge in [-0.15, -0.1) is 0 Å². The van der Waals surface area contributed by atoms with Crippen LogP contribution < -0.4 is 40.9 Å². The molecule has 6 atom stereocenters. The third-order valence-electron chi connectivity index (χ3n) is 18.9. The maximum absolute atomic E-state index is 14.5. The molecule has 16 rings (SSSR count). The van der Waals surface area contributed by atoms with Gasteiger partial charge in [0.1, 0.15) is 96.9 Å². The Hall–Kier alpha value is -11.8. The van der Waals surface area contributed by atoms with Crippen molar-refractivity contribution in [2.24, 2.45) is 0 Å². The van der Waals surface area contributed by atoms with E-state index >= 15 is 0 Å². The number of H-pyrrole nitrogens is 4. The van der Waals surface area contributed by atoms with Crippen molar-refractivity contribution < 1.29 is 92.3 Å². The van der Waals surface area contributed by atoms with E-state index in [1.807, 2.05) is 10.6 Å². The SMILES string of the molecule is O=C(NCC(F)(F)F)[C@@H]1CCCN1c1ccnc(-c2c[nH]c3ncc(Cl)cc23)n1.O=C(NCC(F)(F)F)[C@@H]1C[C@@H](F)CN1c1nc(-c2c[nH]c3ncc(Cl)cc23)ncc1F.O=C(NCC(F)(F)F)[C@@H]1C[C@H](F)CN1c1nc(-c2c[nH]c3ncc(Cl)cc23)ncc1F.O=C(NCC(F)(F)F)[C@H]1CCCN1c1ccnc(-c2c[nH]c3ncc(Cl)cc23)n1.[HH].[HH]. The minimum absolute atomic E-state index is 0. The number of carbonyl (C=O) groups excluding carboxylic acids is 4. The number of hydrogen-bond acceptors (Lipinski definition) is 20. The van der Waals surface area contributed by atoms with Gasteiger partial charge in [0.15, 0.2) is 46.6 Å². The summed E-state index contributed by atoms with van der Waals surface area (Å²) in [6.07, 6.45) is -2.59. The van der Waals surface area contributed by atoms with Crippen LogP contribution in [0.2, 0.25) is 20.1 Å². The Kier molecular flexibility index (Phi) is 25.6. The van der Waals surface area contributed by atoms with Crippen LogP contribution in [-0.2, 0) is 19.2 Å². The first-order valence-electron chi connectivity index (χ1n) is 35.8. The van der Waals surface area contributed by atoms with E-state index in [-0.39, 0.29) is 26.1 Å². The molecule has 4 saturated heterocycles. The summed E-state index contributed by atoms with van der Waals surface area (Å²) < 4.78 is 206. The number of nitrogens with zero attached hydrogens (tertiary/aromatic N) is 16. The topological polar surface area (TPSA) is 347 Å². The van der Waals surface area contributed by atoms with E-state index in [4.69, 9.17) is 46.4 Å². The predicted molar refractivity (Wildman–Crippen MR) is 411 cm³/mol. The highest BCUT2D eigenvalue weighted by Gasteiger charge is 2.44. The summed E-state index contributed by atoms with van der Waals surface area (Å²) in [4.78, 5) is 117. The molecule has 0 aliphatic carbocycles. The van der Waals surface area contributed by atoms with E-state index in [2.05, 4.69) is 79.7 Å². The van der Waals surface area contributed by atoms with Crippen molar-refractivity contribution in [3.63, 3.8) is 0 Å². The molecule has 4 amide bonds. The Morgan fingerprint density at radius 3 is 0.975 bits per heavy atom. The number of hydrogen-bond donors (Lipinski definition) is 8. The quantitative estimate of drug-likeness (QED) is 0.0417. The third kappa shape index (κ3) is 20.7. The first-order chi connectivity index (χ1) is 56.9. The van der Waals surface area contributed by atoms with Crippen LogP contribution in [0.15, 0.2) is 111 Å². The fourth-order valence-electron chi connectivity index (χ4n) is 13.7. The molecular weight excluding hydrogens is 1710 g/mol. The molecule has 0 bridgehead atoms. The first-order valence-corrected chi connectivity index (χ1v) is 37.3. The van der Waals surface area contributed by atoms with Crippen LogP contribution in [-0.4, -0.2) is 217 Å². The summed E-state index contributed by atoms with van der Waals surface area (Å²) in [6, 6.07) is 5.84. The molecule has 0 spiro atoms. The molecule has 0 radical (unpaired) electrons. The van der Waals surface area contributed by atoms with E-state index in [1.165, 1.54) is 37.2 Å². The zero-order valence-electron chi connectivity index (χ0n) is 61.1. The number of rotatable bonds is 16. The molecule has 120 heavy (non-hydrogen) atoms. The van der Waals surface area contributed by atoms with Crippen LogP contribution in [0.1, 0.15) is 41.4 Å². The lowest BCUT2D eigenvalue weighted by Gasteiger charge is -2.25. The summed E-state index contributed by atoms with van der Waals surface area (Å²) in [5.41, 5.74) is 4.45. The average molecular weight is 1780 g/mol. The van der Waals surface area contributed by atoms with E-state index in [0.29, 0.717) is 138 Å². The van der Waals surface area contributed by atoms with Gasteiger partial charge in [-0.05, 0) is 62.1 Å². The number of amides is 4. The molecule has 0 unspecified atom stereocenters. The number of aromatic amines is 4. The van der Waals surface area contributed by atoms with Gasteiger partial charge in [-0.1, -0.05) is 46.4 Å². The number of pyridine rings is 4. The second-order valence-electron chi connectivity index (χ2n) is 27.3. The number of alkyl halides is 14. The number of carbonyl (C=O) groups is 4. The van der Waals surface area contributed by atoms with E-state index in [0.717, 1.165) is 33.0 Å². The first kappa shape index (κ1) is 86.1. The van der Waals surface area contributed by atoms with E-state index in [9.17, 15) is 89.4 Å². The van der Waals surface area contributed by atoms with Crippen molar-refractivity contribution in [2.75, 3.05) is 72.0 Å². The maximum atomic E-state index is 14.5. The number of nitrogens with one attached hydrogen (secondary N) is 8. The van der Waals surface area contributed by atoms with Crippen molar-refractivity contribution in [1.82, 2.24) is 101 Å². The Labute approximate surface area is 687 Å². The summed E-state index contributed by atoms with van der Waals surface area (Å²) in [7, 11) is 0. The normalized spacial score (nSPS) is 18.2. The van der Waals surface area contributed by atoms with Crippen LogP contribution in [0.3, 0.4) is 0 Å². The molecule has 636 valence electrons. The van der Waals surface area contributed by atoms with Gasteiger partial charge in [0, 0.05) is 135 Å². The molecule has 8 N–H and O–H groups in total. The fourth-order valence-corrected chi connectivity index (χ4v) is 14.3. The lowest BCUT2D eigenvalue weighted by atomic mass is 10.2. The molecule has 12 aromatic heterocycles. The lowest BCUT2D eigenvalue weighted by molar-refractivity contribution is -0.139. The number of fused-ring (bicyclic) bond motifs is 4. The Morgan fingerprint density at radius 1 is 0.400 bits per heavy atom. The van der Waals surface area contributed by atoms with Crippen LogP contribution in [0.25, 0.3) is 89.7 Å². The molecule has 28 nitrogen and oxygen atoms in total. The Bertz CT molecular complexity index is 5430.